The number of hydrogen-bond donors (Lipinski definition) is 4. The summed E-state index contributed by atoms with van der Waals surface area (Å²) in [5.41, 5.74) is 1.49. The highest BCUT2D eigenvalue weighted by Crippen LogP contribution is 2.39. The Hall–Kier alpha value is -3.55. The number of likely N-dealkylation sites (tertiary alicyclic amines) is 1. The Bertz CT molecular complexity index is 1780. The molecule has 17 nitrogen and oxygen atoms in total. The Kier molecular flexibility index (Phi) is 21.2. The van der Waals surface area contributed by atoms with Crippen LogP contribution >= 0.6 is 0 Å². The average molecular weight is 949 g/mol. The molecule has 0 aromatic rings. The average Bonchev–Trinajstić information content (AvgIpc) is 3.28. The first-order valence-electron chi connectivity index (χ1n) is 23.9. The van der Waals surface area contributed by atoms with Crippen LogP contribution in [0.25, 0.3) is 0 Å². The van der Waals surface area contributed by atoms with E-state index in [0.29, 0.717) is 50.5 Å². The molecule has 2 bridgehead atoms. The monoisotopic (exact) mass is 949 g/mol. The van der Waals surface area contributed by atoms with Crippen molar-refractivity contribution in [1.29, 1.82) is 0 Å². The first-order chi connectivity index (χ1) is 31.3. The molecular weight excluding hydrogens is 869 g/mol. The lowest BCUT2D eigenvalue weighted by Crippen LogP contribution is -2.64. The van der Waals surface area contributed by atoms with Crippen molar-refractivity contribution >= 4 is 29.5 Å². The van der Waals surface area contributed by atoms with Gasteiger partial charge in [0.2, 0.25) is 5.79 Å². The van der Waals surface area contributed by atoms with Crippen molar-refractivity contribution in [3.05, 3.63) is 35.5 Å². The van der Waals surface area contributed by atoms with Crippen LogP contribution in [0, 0.1) is 29.6 Å². The van der Waals surface area contributed by atoms with E-state index in [9.17, 15) is 44.4 Å². The number of allylic oxidation sites excluding steroid dienone is 4. The largest absolute Gasteiger partial charge is 0.456 e. The van der Waals surface area contributed by atoms with Crippen LogP contribution in [-0.2, 0) is 47.6 Å². The Morgan fingerprint density at radius 3 is 2.21 bits per heavy atom. The first kappa shape index (κ1) is 56.0. The Morgan fingerprint density at radius 1 is 0.896 bits per heavy atom. The van der Waals surface area contributed by atoms with E-state index in [4.69, 9.17) is 28.4 Å². The predicted octanol–water partition coefficient (Wildman–Crippen LogP) is 4.46. The minimum absolute atomic E-state index is 0. The minimum atomic E-state index is -2.55. The summed E-state index contributed by atoms with van der Waals surface area (Å²) in [6.45, 7) is 9.31. The Balaban J connectivity index is 0.00000980. The number of hydrogen-bond acceptors (Lipinski definition) is 15. The predicted molar refractivity (Wildman–Crippen MR) is 247 cm³/mol. The number of fused-ring (bicyclic) bond motifs is 3. The highest BCUT2D eigenvalue weighted by Gasteiger charge is 2.56. The number of carbonyl (C=O) groups is 5. The number of piperidine rings is 1. The summed E-state index contributed by atoms with van der Waals surface area (Å²) in [6, 6.07) is -1.20. The maximum Gasteiger partial charge on any atom is 0.410 e. The zero-order valence-electron chi connectivity index (χ0n) is 40.2. The molecular formula is C50H80N2O15. The second kappa shape index (κ2) is 25.3. The van der Waals surface area contributed by atoms with Crippen molar-refractivity contribution in [2.45, 2.75) is 173 Å². The van der Waals surface area contributed by atoms with Gasteiger partial charge in [-0.05, 0) is 95.5 Å². The summed E-state index contributed by atoms with van der Waals surface area (Å²) in [5, 5.41) is 43.2. The van der Waals surface area contributed by atoms with E-state index in [0.717, 1.165) is 10.5 Å². The standard InChI is InChI=1S/C49H76N2O15.CH4/c1-28-19-29(2)21-41(62-7)44-42(63-8)23-31(4)49(60,66-44)45(56)46(57)51-17-11-9-14-36(51)47(58)65-43(32(5)37(54)25-38(55)34(20-28)13-10-12-18-52)30(3)22-33-15-16-39(40(24-33)61-6)64-48(59)50-26-35(53)27-50;/h10,12,20,22,29,31-37,39-44,52-54,60H,9,11,13-19,21,23-27H2,1-8H3;1H4/b12-10+,28-20+,30-22+;/t29-,31+,32+,33-,34+,36-,37-,39+,40+,41-,42-,43+,44+,49+;/m0./s1. The molecule has 0 spiro atoms. The molecule has 380 valence electrons. The molecule has 0 unspecified atom stereocenters. The number of ether oxygens (including phenoxy) is 6. The van der Waals surface area contributed by atoms with Crippen LogP contribution in [0.4, 0.5) is 4.79 Å². The highest BCUT2D eigenvalue weighted by atomic mass is 16.7. The summed E-state index contributed by atoms with van der Waals surface area (Å²) in [7, 11) is 4.56. The quantitative estimate of drug-likeness (QED) is 0.142. The van der Waals surface area contributed by atoms with Crippen LogP contribution in [0.2, 0.25) is 0 Å². The van der Waals surface area contributed by atoms with Crippen LogP contribution in [0.15, 0.2) is 35.5 Å². The maximum absolute atomic E-state index is 14.5. The lowest BCUT2D eigenvalue weighted by Gasteiger charge is -2.47. The van der Waals surface area contributed by atoms with Gasteiger partial charge in [0.1, 0.15) is 30.1 Å². The van der Waals surface area contributed by atoms with Crippen molar-refractivity contribution in [3.8, 4) is 0 Å². The van der Waals surface area contributed by atoms with E-state index in [-0.39, 0.29) is 77.0 Å². The Morgan fingerprint density at radius 2 is 1.57 bits per heavy atom. The number of ketones is 2. The van der Waals surface area contributed by atoms with Crippen molar-refractivity contribution in [2.24, 2.45) is 29.6 Å². The second-order valence-electron chi connectivity index (χ2n) is 19.6. The van der Waals surface area contributed by atoms with Crippen LogP contribution in [-0.4, -0.2) is 168 Å². The van der Waals surface area contributed by atoms with Crippen molar-refractivity contribution < 1.29 is 72.8 Å². The van der Waals surface area contributed by atoms with E-state index in [1.165, 1.54) is 19.1 Å². The third kappa shape index (κ3) is 13.8. The zero-order chi connectivity index (χ0) is 48.5. The molecule has 1 saturated carbocycles. The van der Waals surface area contributed by atoms with Gasteiger partial charge in [-0.15, -0.1) is 0 Å². The van der Waals surface area contributed by atoms with Gasteiger partial charge in [0.25, 0.3) is 11.7 Å². The number of cyclic esters (lactones) is 1. The number of carbonyl (C=O) groups excluding carboxylic acids is 5. The molecule has 1 aliphatic carbocycles. The molecule has 3 saturated heterocycles. The number of Topliss-reactive ketones (excluding diaryl/α,β-unsaturated/α-hetero) is 2. The van der Waals surface area contributed by atoms with E-state index in [2.05, 4.69) is 0 Å². The van der Waals surface area contributed by atoms with Crippen molar-refractivity contribution in [2.75, 3.05) is 47.6 Å². The lowest BCUT2D eigenvalue weighted by atomic mass is 9.81. The van der Waals surface area contributed by atoms with Gasteiger partial charge >= 0.3 is 12.1 Å². The summed E-state index contributed by atoms with van der Waals surface area (Å²) in [6.07, 6.45) is 4.46. The van der Waals surface area contributed by atoms with Gasteiger partial charge in [0, 0.05) is 52.0 Å². The fourth-order valence-electron chi connectivity index (χ4n) is 10.5. The smallest absolute Gasteiger partial charge is 0.410 e. The normalized spacial score (nSPS) is 37.9. The summed E-state index contributed by atoms with van der Waals surface area (Å²) in [4.78, 5) is 72.7. The van der Waals surface area contributed by atoms with Crippen LogP contribution in [0.5, 0.6) is 0 Å². The SMILES string of the molecule is C.CO[C@H]1C[C@@H](C)C/C(C)=C/[C@@H](C/C=C/CO)C(=O)C[C@H](O)[C@@H](C)[C@@H](/C(C)=C/[C@@H]2CC[C@@H](OC(=O)N3CC(O)C3)[C@H](OC)C2)OC(=O)[C@@H]2CCCCN2C(=O)C(=O)[C@]2(O)O[C@H]1[C@@H](OC)C[C@H]2C. The van der Waals surface area contributed by atoms with Crippen molar-refractivity contribution in [3.63, 3.8) is 0 Å². The fourth-order valence-corrected chi connectivity index (χ4v) is 10.5. The van der Waals surface area contributed by atoms with E-state index in [1.807, 2.05) is 26.0 Å². The molecule has 14 atom stereocenters. The van der Waals surface area contributed by atoms with Gasteiger partial charge < -0.3 is 58.6 Å². The second-order valence-corrected chi connectivity index (χ2v) is 19.6. The van der Waals surface area contributed by atoms with Gasteiger partial charge in [-0.3, -0.25) is 14.4 Å². The van der Waals surface area contributed by atoms with E-state index < -0.39 is 102 Å². The number of nitrogens with zero attached hydrogens (tertiary/aromatic N) is 2. The van der Waals surface area contributed by atoms with Crippen LogP contribution in [0.3, 0.4) is 0 Å². The third-order valence-corrected chi connectivity index (χ3v) is 14.5. The minimum Gasteiger partial charge on any atom is -0.456 e. The number of aliphatic hydroxyl groups excluding tert-OH is 3. The zero-order valence-corrected chi connectivity index (χ0v) is 40.2. The molecule has 5 rings (SSSR count). The van der Waals surface area contributed by atoms with Gasteiger partial charge in [-0.2, -0.15) is 0 Å². The number of esters is 1. The third-order valence-electron chi connectivity index (χ3n) is 14.5. The molecule has 67 heavy (non-hydrogen) atoms. The highest BCUT2D eigenvalue weighted by molar-refractivity contribution is 6.39. The van der Waals surface area contributed by atoms with Gasteiger partial charge in [0.15, 0.2) is 0 Å². The molecule has 0 aromatic heterocycles. The van der Waals surface area contributed by atoms with Gasteiger partial charge in [0.05, 0.1) is 50.2 Å². The number of rotatable bonds is 9. The van der Waals surface area contributed by atoms with E-state index >= 15 is 0 Å². The number of amides is 2. The number of β-amino-alcohol motifs (C(OH)–C–C–N with tert-alkyl or cyclic N) is 1. The number of aliphatic hydroxyl groups is 4. The molecule has 4 aliphatic heterocycles. The van der Waals surface area contributed by atoms with Gasteiger partial charge in [-0.25, -0.2) is 9.59 Å². The van der Waals surface area contributed by atoms with Crippen molar-refractivity contribution in [1.82, 2.24) is 9.80 Å². The van der Waals surface area contributed by atoms with Crippen LogP contribution < -0.4 is 0 Å². The molecule has 0 aromatic carbocycles. The summed E-state index contributed by atoms with van der Waals surface area (Å²) >= 11 is 0. The first-order valence-corrected chi connectivity index (χ1v) is 23.9. The molecule has 5 aliphatic rings. The lowest BCUT2D eigenvalue weighted by molar-refractivity contribution is -0.302. The van der Waals surface area contributed by atoms with Crippen LogP contribution in [0.1, 0.15) is 113 Å². The fraction of sp³-hybridized carbons (Fsp3) is 0.780. The molecule has 4 fully saturated rings. The molecule has 2 amide bonds. The molecule has 4 N–H and O–H groups in total. The molecule has 0 radical (unpaired) electrons. The van der Waals surface area contributed by atoms with Gasteiger partial charge in [-0.1, -0.05) is 58.1 Å². The molecule has 17 heteroatoms. The summed E-state index contributed by atoms with van der Waals surface area (Å²) in [5.74, 6) is -8.37. The number of methoxy groups -OCH3 is 3. The summed E-state index contributed by atoms with van der Waals surface area (Å²) < 4.78 is 35.9. The van der Waals surface area contributed by atoms with E-state index in [1.54, 1.807) is 40.0 Å². The Labute approximate surface area is 397 Å². The topological polar surface area (TPSA) is 228 Å². The molecule has 4 heterocycles. The maximum atomic E-state index is 14.5.